The van der Waals surface area contributed by atoms with Gasteiger partial charge in [0.25, 0.3) is 5.91 Å². The van der Waals surface area contributed by atoms with Crippen molar-refractivity contribution in [1.29, 1.82) is 0 Å². The van der Waals surface area contributed by atoms with E-state index in [1.54, 1.807) is 32.9 Å². The number of hydrogen-bond acceptors (Lipinski definition) is 8. The molecule has 3 N–H and O–H groups in total. The largest absolute Gasteiger partial charge is 0.444 e. The molecule has 2 aromatic carbocycles. The first-order chi connectivity index (χ1) is 24.4. The van der Waals surface area contributed by atoms with E-state index in [9.17, 15) is 36.4 Å². The van der Waals surface area contributed by atoms with E-state index in [4.69, 9.17) is 16.3 Å². The van der Waals surface area contributed by atoms with Crippen molar-refractivity contribution in [1.82, 2.24) is 19.8 Å². The number of amides is 4. The average molecular weight is 764 g/mol. The molecule has 4 aliphatic rings. The molecular weight excluding hydrogens is 720 g/mol. The van der Waals surface area contributed by atoms with E-state index in [1.807, 2.05) is 13.0 Å². The Bertz CT molecular complexity index is 1890. The number of benzene rings is 2. The molecule has 2 aliphatic heterocycles. The standard InChI is InChI=1S/C36H44ClF2N5O7S/c1-20-12-13-36(16-20,33(47)42-52(49,50)24-9-10-24)41-31(45)29-15-23(51-34(48)43-17-21-6-5-7-26(37)25(21)19-43)18-44(29)32(46)30(35(2,3)4)40-22-8-11-27(38)28(39)14-22/h5-8,11,14,20,23-24,29-30,40H,9-10,12-13,15-19H2,1-4H3,(H,41,45)(H,42,47)/t20?,23-,29+,30-,36?/m1/s1. The summed E-state index contributed by atoms with van der Waals surface area (Å²) in [7, 11) is -3.92. The van der Waals surface area contributed by atoms with Gasteiger partial charge in [0, 0.05) is 29.7 Å². The molecule has 2 aliphatic carbocycles. The highest BCUT2D eigenvalue weighted by atomic mass is 35.5. The number of rotatable bonds is 9. The lowest BCUT2D eigenvalue weighted by molar-refractivity contribution is -0.142. The summed E-state index contributed by atoms with van der Waals surface area (Å²) >= 11 is 6.35. The lowest BCUT2D eigenvalue weighted by Gasteiger charge is -2.37. The van der Waals surface area contributed by atoms with Crippen molar-refractivity contribution < 1.29 is 41.1 Å². The molecule has 3 fully saturated rings. The highest BCUT2D eigenvalue weighted by Gasteiger charge is 2.52. The minimum Gasteiger partial charge on any atom is -0.444 e. The van der Waals surface area contributed by atoms with Gasteiger partial charge in [-0.05, 0) is 72.8 Å². The van der Waals surface area contributed by atoms with E-state index in [2.05, 4.69) is 15.4 Å². The molecule has 2 heterocycles. The van der Waals surface area contributed by atoms with Crippen LogP contribution in [0.4, 0.5) is 19.3 Å². The van der Waals surface area contributed by atoms with Gasteiger partial charge in [-0.3, -0.25) is 24.0 Å². The fraction of sp³-hybridized carbons (Fsp3) is 0.556. The van der Waals surface area contributed by atoms with Crippen LogP contribution in [0.25, 0.3) is 0 Å². The first-order valence-corrected chi connectivity index (χ1v) is 19.4. The number of halogens is 3. The number of nitrogens with one attached hydrogen (secondary N) is 3. The van der Waals surface area contributed by atoms with Gasteiger partial charge in [0.05, 0.1) is 18.3 Å². The van der Waals surface area contributed by atoms with Crippen molar-refractivity contribution in [2.24, 2.45) is 11.3 Å². The Balaban J connectivity index is 1.26. The quantitative estimate of drug-likeness (QED) is 0.328. The van der Waals surface area contributed by atoms with E-state index in [0.717, 1.165) is 23.3 Å². The lowest BCUT2D eigenvalue weighted by atomic mass is 9.85. The summed E-state index contributed by atoms with van der Waals surface area (Å²) in [5.41, 5.74) is -0.557. The fourth-order valence-corrected chi connectivity index (χ4v) is 8.98. The van der Waals surface area contributed by atoms with Crippen LogP contribution in [-0.2, 0) is 42.2 Å². The van der Waals surface area contributed by atoms with Gasteiger partial charge < -0.3 is 20.3 Å². The molecule has 2 aromatic rings. The van der Waals surface area contributed by atoms with Gasteiger partial charge in [-0.15, -0.1) is 0 Å². The number of carbonyl (C=O) groups excluding carboxylic acids is 4. The number of hydrogen-bond donors (Lipinski definition) is 3. The van der Waals surface area contributed by atoms with Crippen LogP contribution in [0.1, 0.15) is 77.3 Å². The maximum Gasteiger partial charge on any atom is 0.410 e. The summed E-state index contributed by atoms with van der Waals surface area (Å²) in [6.07, 6.45) is 0.109. The summed E-state index contributed by atoms with van der Waals surface area (Å²) < 4.78 is 61.5. The van der Waals surface area contributed by atoms with Gasteiger partial charge in [-0.2, -0.15) is 0 Å². The summed E-state index contributed by atoms with van der Waals surface area (Å²) in [6, 6.07) is 6.25. The third-order valence-corrected chi connectivity index (χ3v) is 12.6. The smallest absolute Gasteiger partial charge is 0.410 e. The second kappa shape index (κ2) is 14.1. The Morgan fingerprint density at radius 2 is 1.77 bits per heavy atom. The van der Waals surface area contributed by atoms with E-state index < -0.39 is 79.9 Å². The van der Waals surface area contributed by atoms with Crippen LogP contribution < -0.4 is 15.4 Å². The second-order valence-electron chi connectivity index (χ2n) is 15.6. The summed E-state index contributed by atoms with van der Waals surface area (Å²) in [5.74, 6) is -4.28. The third-order valence-electron chi connectivity index (χ3n) is 10.4. The predicted octanol–water partition coefficient (Wildman–Crippen LogP) is 4.85. The van der Waals surface area contributed by atoms with Gasteiger partial charge in [0.1, 0.15) is 23.7 Å². The Kier molecular flexibility index (Phi) is 10.2. The van der Waals surface area contributed by atoms with Crippen LogP contribution >= 0.6 is 11.6 Å². The van der Waals surface area contributed by atoms with E-state index in [1.165, 1.54) is 15.9 Å². The zero-order valence-electron chi connectivity index (χ0n) is 29.5. The zero-order chi connectivity index (χ0) is 37.7. The monoisotopic (exact) mass is 763 g/mol. The molecule has 5 atom stereocenters. The average Bonchev–Trinajstić information content (AvgIpc) is 3.53. The molecule has 12 nitrogen and oxygen atoms in total. The number of fused-ring (bicyclic) bond motifs is 1. The molecule has 2 unspecified atom stereocenters. The number of carbonyl (C=O) groups is 4. The third kappa shape index (κ3) is 7.85. The van der Waals surface area contributed by atoms with Crippen LogP contribution in [0.3, 0.4) is 0 Å². The lowest BCUT2D eigenvalue weighted by Crippen LogP contribution is -2.62. The van der Waals surface area contributed by atoms with Crippen molar-refractivity contribution in [3.63, 3.8) is 0 Å². The van der Waals surface area contributed by atoms with Crippen molar-refractivity contribution in [2.75, 3.05) is 11.9 Å². The molecule has 0 spiro atoms. The van der Waals surface area contributed by atoms with Gasteiger partial charge in [0.2, 0.25) is 21.8 Å². The van der Waals surface area contributed by atoms with Crippen LogP contribution in [0.5, 0.6) is 0 Å². The first-order valence-electron chi connectivity index (χ1n) is 17.5. The Morgan fingerprint density at radius 3 is 2.38 bits per heavy atom. The molecule has 0 bridgehead atoms. The van der Waals surface area contributed by atoms with Crippen molar-refractivity contribution >= 4 is 51.1 Å². The molecule has 16 heteroatoms. The molecule has 282 valence electrons. The van der Waals surface area contributed by atoms with E-state index in [0.29, 0.717) is 24.3 Å². The summed E-state index contributed by atoms with van der Waals surface area (Å²) in [6.45, 7) is 7.50. The van der Waals surface area contributed by atoms with Crippen molar-refractivity contribution in [2.45, 2.75) is 108 Å². The van der Waals surface area contributed by atoms with Gasteiger partial charge in [-0.25, -0.2) is 22.0 Å². The van der Waals surface area contributed by atoms with Crippen LogP contribution in [-0.4, -0.2) is 77.6 Å². The second-order valence-corrected chi connectivity index (χ2v) is 18.0. The molecule has 0 aromatic heterocycles. The maximum absolute atomic E-state index is 14.5. The number of likely N-dealkylation sites (tertiary alicyclic amines) is 1. The Hall–Kier alpha value is -3.98. The SMILES string of the molecule is CC1CCC(NC(=O)[C@@H]2C[C@@H](OC(=O)N3Cc4cccc(Cl)c4C3)CN2C(=O)[C@@H](Nc2ccc(F)c(F)c2)C(C)(C)C)(C(=O)NS(=O)(=O)C2CC2)C1. The topological polar surface area (TPSA) is 154 Å². The van der Waals surface area contributed by atoms with E-state index >= 15 is 0 Å². The van der Waals surface area contributed by atoms with Crippen LogP contribution in [0.2, 0.25) is 5.02 Å². The summed E-state index contributed by atoms with van der Waals surface area (Å²) in [4.78, 5) is 58.7. The highest BCUT2D eigenvalue weighted by Crippen LogP contribution is 2.38. The molecule has 0 radical (unpaired) electrons. The van der Waals surface area contributed by atoms with Crippen LogP contribution in [0.15, 0.2) is 36.4 Å². The molecule has 6 rings (SSSR count). The van der Waals surface area contributed by atoms with Gasteiger partial charge in [-0.1, -0.05) is 51.4 Å². The molecule has 52 heavy (non-hydrogen) atoms. The van der Waals surface area contributed by atoms with Gasteiger partial charge >= 0.3 is 6.09 Å². The van der Waals surface area contributed by atoms with Crippen molar-refractivity contribution in [3.05, 3.63) is 64.2 Å². The maximum atomic E-state index is 14.5. The normalized spacial score (nSPS) is 25.0. The zero-order valence-corrected chi connectivity index (χ0v) is 31.1. The Morgan fingerprint density at radius 1 is 1.04 bits per heavy atom. The Labute approximate surface area is 307 Å². The van der Waals surface area contributed by atoms with Crippen molar-refractivity contribution in [3.8, 4) is 0 Å². The molecular formula is C36H44ClF2N5O7S. The van der Waals surface area contributed by atoms with Gasteiger partial charge in [0.15, 0.2) is 11.6 Å². The van der Waals surface area contributed by atoms with Crippen LogP contribution in [0, 0.1) is 23.0 Å². The molecule has 1 saturated heterocycles. The molecule has 4 amide bonds. The highest BCUT2D eigenvalue weighted by molar-refractivity contribution is 7.91. The fourth-order valence-electron chi connectivity index (χ4n) is 7.35. The minimum atomic E-state index is -3.92. The minimum absolute atomic E-state index is 0.00615. The number of ether oxygens (including phenoxy) is 1. The number of anilines is 1. The predicted molar refractivity (Wildman–Crippen MR) is 188 cm³/mol. The number of sulfonamides is 1. The summed E-state index contributed by atoms with van der Waals surface area (Å²) in [5, 5.41) is 5.70. The molecule has 2 saturated carbocycles. The first kappa shape index (κ1) is 37.8. The van der Waals surface area contributed by atoms with E-state index in [-0.39, 0.29) is 50.5 Å². The number of nitrogens with zero attached hydrogens (tertiary/aromatic N) is 2.